The summed E-state index contributed by atoms with van der Waals surface area (Å²) in [6.45, 7) is 2.07. The van der Waals surface area contributed by atoms with Crippen LogP contribution < -0.4 is 0 Å². The number of thiophene rings is 1. The van der Waals surface area contributed by atoms with E-state index >= 15 is 0 Å². The van der Waals surface area contributed by atoms with E-state index < -0.39 is 5.97 Å². The Balaban J connectivity index is 0.00000337. The third-order valence-electron chi connectivity index (χ3n) is 8.11. The molecule has 3 aromatic carbocycles. The van der Waals surface area contributed by atoms with Crippen molar-refractivity contribution >= 4 is 40.6 Å². The Kier molecular flexibility index (Phi) is 9.60. The molecule has 0 bridgehead atoms. The first-order chi connectivity index (χ1) is 19.6. The molecule has 6 heteroatoms. The lowest BCUT2D eigenvalue weighted by molar-refractivity contribution is -0.138. The molecule has 2 heterocycles. The van der Waals surface area contributed by atoms with Crippen molar-refractivity contribution in [2.75, 3.05) is 6.54 Å². The molecule has 0 aliphatic heterocycles. The number of hydrogen-bond acceptors (Lipinski definition) is 3. The van der Waals surface area contributed by atoms with Gasteiger partial charge >= 0.3 is 5.97 Å². The third kappa shape index (κ3) is 7.10. The topological polar surface area (TPSA) is 45.5 Å². The molecule has 1 aliphatic carbocycles. The zero-order valence-electron chi connectivity index (χ0n) is 23.2. The SMILES string of the molecule is Cl.O=C(O)CN(Cc1ccccc1)Cc1ccc(-c2cn(Cc3ccc(C4CCCCC4)cc3)c3ccccc23)s1. The Morgan fingerprint density at radius 1 is 0.829 bits per heavy atom. The van der Waals surface area contributed by atoms with Crippen LogP contribution in [0.3, 0.4) is 0 Å². The molecule has 1 saturated carbocycles. The second-order valence-corrected chi connectivity index (χ2v) is 12.2. The molecule has 0 radical (unpaired) electrons. The van der Waals surface area contributed by atoms with Gasteiger partial charge in [-0.3, -0.25) is 9.69 Å². The van der Waals surface area contributed by atoms with E-state index in [4.69, 9.17) is 0 Å². The number of carboxylic acids is 1. The fourth-order valence-electron chi connectivity index (χ4n) is 6.13. The molecule has 41 heavy (non-hydrogen) atoms. The summed E-state index contributed by atoms with van der Waals surface area (Å²) in [5.74, 6) is -0.0727. The summed E-state index contributed by atoms with van der Waals surface area (Å²) in [5, 5.41) is 10.8. The van der Waals surface area contributed by atoms with Gasteiger partial charge in [0.15, 0.2) is 0 Å². The summed E-state index contributed by atoms with van der Waals surface area (Å²) in [6, 6.07) is 32.4. The molecule has 0 saturated heterocycles. The highest BCUT2D eigenvalue weighted by molar-refractivity contribution is 7.15. The molecular weight excluding hydrogens is 548 g/mol. The zero-order valence-corrected chi connectivity index (χ0v) is 24.9. The quantitative estimate of drug-likeness (QED) is 0.178. The Morgan fingerprint density at radius 2 is 1.56 bits per heavy atom. The number of para-hydroxylation sites is 1. The summed E-state index contributed by atoms with van der Waals surface area (Å²) in [4.78, 5) is 16.0. The standard InChI is InChI=1S/C35H36N2O2S.ClH/c38-35(39)25-36(21-26-9-3-1-4-10-26)23-30-19-20-34(40-30)32-24-37(33-14-8-7-13-31(32)33)22-27-15-17-29(18-16-27)28-11-5-2-6-12-28;/h1,3-4,7-10,13-20,24,28H,2,5-6,11-12,21-23,25H2,(H,38,39);1H. The molecule has 212 valence electrons. The Hall–Kier alpha value is -3.38. The van der Waals surface area contributed by atoms with Gasteiger partial charge in [-0.15, -0.1) is 23.7 Å². The van der Waals surface area contributed by atoms with Crippen molar-refractivity contribution in [2.45, 2.75) is 57.7 Å². The van der Waals surface area contributed by atoms with Crippen LogP contribution in [0.15, 0.2) is 97.2 Å². The smallest absolute Gasteiger partial charge is 0.317 e. The normalized spacial score (nSPS) is 13.9. The summed E-state index contributed by atoms with van der Waals surface area (Å²) in [5.41, 5.74) is 6.41. The van der Waals surface area contributed by atoms with Crippen LogP contribution >= 0.6 is 23.7 Å². The van der Waals surface area contributed by atoms with Crippen LogP contribution in [0, 0.1) is 0 Å². The second kappa shape index (κ2) is 13.5. The lowest BCUT2D eigenvalue weighted by Crippen LogP contribution is -2.28. The van der Waals surface area contributed by atoms with Gasteiger partial charge in [-0.1, -0.05) is 92.1 Å². The number of carbonyl (C=O) groups is 1. The highest BCUT2D eigenvalue weighted by Gasteiger charge is 2.17. The van der Waals surface area contributed by atoms with Crippen LogP contribution in [-0.2, 0) is 24.4 Å². The van der Waals surface area contributed by atoms with Crippen molar-refractivity contribution in [1.82, 2.24) is 9.47 Å². The number of aliphatic carboxylic acids is 1. The van der Waals surface area contributed by atoms with E-state index in [1.807, 2.05) is 35.2 Å². The lowest BCUT2D eigenvalue weighted by Gasteiger charge is -2.22. The maximum Gasteiger partial charge on any atom is 0.317 e. The van der Waals surface area contributed by atoms with Crippen molar-refractivity contribution in [2.24, 2.45) is 0 Å². The summed E-state index contributed by atoms with van der Waals surface area (Å²) < 4.78 is 2.37. The summed E-state index contributed by atoms with van der Waals surface area (Å²) in [6.07, 6.45) is 9.05. The zero-order chi connectivity index (χ0) is 27.3. The van der Waals surface area contributed by atoms with Crippen molar-refractivity contribution in [3.63, 3.8) is 0 Å². The number of benzene rings is 3. The van der Waals surface area contributed by atoms with Crippen LogP contribution in [-0.4, -0.2) is 27.1 Å². The van der Waals surface area contributed by atoms with Gasteiger partial charge in [-0.2, -0.15) is 0 Å². The predicted molar refractivity (Wildman–Crippen MR) is 172 cm³/mol. The fraction of sp³-hybridized carbons (Fsp3) is 0.286. The summed E-state index contributed by atoms with van der Waals surface area (Å²) in [7, 11) is 0. The van der Waals surface area contributed by atoms with E-state index in [9.17, 15) is 9.90 Å². The summed E-state index contributed by atoms with van der Waals surface area (Å²) >= 11 is 1.76. The van der Waals surface area contributed by atoms with E-state index in [0.717, 1.165) is 18.0 Å². The Morgan fingerprint density at radius 3 is 2.32 bits per heavy atom. The molecule has 4 nitrogen and oxygen atoms in total. The minimum atomic E-state index is -0.803. The first-order valence-electron chi connectivity index (χ1n) is 14.4. The van der Waals surface area contributed by atoms with Crippen LogP contribution in [0.1, 0.15) is 59.6 Å². The van der Waals surface area contributed by atoms with Crippen molar-refractivity contribution in [1.29, 1.82) is 0 Å². The van der Waals surface area contributed by atoms with Gasteiger partial charge in [0.25, 0.3) is 0 Å². The van der Waals surface area contributed by atoms with Crippen LogP contribution in [0.2, 0.25) is 0 Å². The second-order valence-electron chi connectivity index (χ2n) is 11.1. The van der Waals surface area contributed by atoms with Gasteiger partial charge in [0, 0.05) is 52.1 Å². The first kappa shape index (κ1) is 29.1. The van der Waals surface area contributed by atoms with Gasteiger partial charge in [-0.25, -0.2) is 0 Å². The first-order valence-corrected chi connectivity index (χ1v) is 15.2. The average molecular weight is 585 g/mol. The van der Waals surface area contributed by atoms with Crippen LogP contribution in [0.5, 0.6) is 0 Å². The van der Waals surface area contributed by atoms with Gasteiger partial charge < -0.3 is 9.67 Å². The third-order valence-corrected chi connectivity index (χ3v) is 9.22. The average Bonchev–Trinajstić information content (AvgIpc) is 3.59. The number of rotatable bonds is 10. The Bertz CT molecular complexity index is 1570. The molecule has 0 atom stereocenters. The number of halogens is 1. The number of aromatic nitrogens is 1. The van der Waals surface area contributed by atoms with Gasteiger partial charge in [0.05, 0.1) is 6.54 Å². The lowest BCUT2D eigenvalue weighted by atomic mass is 9.84. The number of carboxylic acid groups (broad SMARTS) is 1. The fourth-order valence-corrected chi connectivity index (χ4v) is 7.20. The molecule has 2 aromatic heterocycles. The minimum absolute atomic E-state index is 0. The van der Waals surface area contributed by atoms with Gasteiger partial charge in [0.2, 0.25) is 0 Å². The Labute approximate surface area is 252 Å². The van der Waals surface area contributed by atoms with E-state index in [2.05, 4.69) is 71.4 Å². The predicted octanol–water partition coefficient (Wildman–Crippen LogP) is 8.97. The molecule has 0 spiro atoms. The highest BCUT2D eigenvalue weighted by Crippen LogP contribution is 2.36. The van der Waals surface area contributed by atoms with E-state index in [0.29, 0.717) is 13.1 Å². The largest absolute Gasteiger partial charge is 0.480 e. The van der Waals surface area contributed by atoms with Crippen LogP contribution in [0.4, 0.5) is 0 Å². The monoisotopic (exact) mass is 584 g/mol. The van der Waals surface area contributed by atoms with E-state index in [1.54, 1.807) is 11.3 Å². The van der Waals surface area contributed by atoms with Crippen molar-refractivity contribution in [3.8, 4) is 10.4 Å². The van der Waals surface area contributed by atoms with E-state index in [1.165, 1.54) is 69.5 Å². The van der Waals surface area contributed by atoms with Gasteiger partial charge in [0.1, 0.15) is 0 Å². The van der Waals surface area contributed by atoms with Crippen molar-refractivity contribution in [3.05, 3.63) is 119 Å². The molecule has 6 rings (SSSR count). The molecule has 5 aromatic rings. The van der Waals surface area contributed by atoms with Crippen molar-refractivity contribution < 1.29 is 9.90 Å². The van der Waals surface area contributed by atoms with E-state index in [-0.39, 0.29) is 19.0 Å². The number of hydrogen-bond donors (Lipinski definition) is 1. The highest BCUT2D eigenvalue weighted by atomic mass is 35.5. The maximum absolute atomic E-state index is 11.6. The molecule has 1 aliphatic rings. The molecular formula is C35H37ClN2O2S. The van der Waals surface area contributed by atoms with Gasteiger partial charge in [-0.05, 0) is 53.6 Å². The molecule has 0 unspecified atom stereocenters. The molecule has 0 amide bonds. The molecule has 1 fully saturated rings. The maximum atomic E-state index is 11.6. The van der Waals surface area contributed by atoms with Crippen LogP contribution in [0.25, 0.3) is 21.3 Å². The molecule has 1 N–H and O–H groups in total. The number of nitrogens with zero attached hydrogens (tertiary/aromatic N) is 2. The number of fused-ring (bicyclic) bond motifs is 1. The minimum Gasteiger partial charge on any atom is -0.480 e.